The van der Waals surface area contributed by atoms with Crippen LogP contribution in [-0.4, -0.2) is 33.1 Å². The summed E-state index contributed by atoms with van der Waals surface area (Å²) in [6.45, 7) is -0.803. The highest BCUT2D eigenvalue weighted by molar-refractivity contribution is 5.79. The third-order valence-electron chi connectivity index (χ3n) is 4.00. The molecule has 0 unspecified atom stereocenters. The Bertz CT molecular complexity index is 1010. The van der Waals surface area contributed by atoms with Crippen LogP contribution in [-0.2, 0) is 17.9 Å². The number of hydrogen-bond acceptors (Lipinski definition) is 4. The summed E-state index contributed by atoms with van der Waals surface area (Å²) in [5, 5.41) is 0.296. The van der Waals surface area contributed by atoms with Gasteiger partial charge in [0.15, 0.2) is 0 Å². The van der Waals surface area contributed by atoms with E-state index in [-0.39, 0.29) is 18.1 Å². The number of nitrogens with zero attached hydrogens (tertiary/aromatic N) is 3. The van der Waals surface area contributed by atoms with Gasteiger partial charge < -0.3 is 9.32 Å². The lowest BCUT2D eigenvalue weighted by Crippen LogP contribution is -2.42. The number of rotatable bonds is 5. The van der Waals surface area contributed by atoms with Crippen LogP contribution in [0.3, 0.4) is 0 Å². The fraction of sp³-hybridized carbons (Fsp3) is 0.278. The smallest absolute Gasteiger partial charge is 0.406 e. The number of aryl methyl sites for hydroxylation is 1. The molecule has 0 bridgehead atoms. The molecule has 0 aliphatic rings. The molecular formula is C18H16F3N3O3. The van der Waals surface area contributed by atoms with E-state index in [0.29, 0.717) is 15.8 Å². The molecule has 0 fully saturated rings. The molecule has 0 saturated carbocycles. The molecule has 1 amide bonds. The van der Waals surface area contributed by atoms with Crippen LogP contribution in [0.15, 0.2) is 51.9 Å². The first kappa shape index (κ1) is 18.7. The number of fused-ring (bicyclic) bond motifs is 1. The first-order chi connectivity index (χ1) is 12.7. The van der Waals surface area contributed by atoms with Gasteiger partial charge in [-0.25, -0.2) is 4.98 Å². The molecule has 0 N–H and O–H groups in total. The van der Waals surface area contributed by atoms with Crippen LogP contribution >= 0.6 is 0 Å². The second kappa shape index (κ2) is 7.26. The predicted molar refractivity (Wildman–Crippen MR) is 90.9 cm³/mol. The molecule has 0 spiro atoms. The molecule has 0 radical (unpaired) electrons. The van der Waals surface area contributed by atoms with E-state index in [1.54, 1.807) is 24.3 Å². The van der Waals surface area contributed by atoms with Crippen LogP contribution in [0.2, 0.25) is 0 Å². The minimum absolute atomic E-state index is 0.216. The van der Waals surface area contributed by atoms with E-state index in [4.69, 9.17) is 4.42 Å². The Morgan fingerprint density at radius 3 is 2.63 bits per heavy atom. The number of alkyl halides is 3. The van der Waals surface area contributed by atoms with Gasteiger partial charge in [-0.1, -0.05) is 12.1 Å². The van der Waals surface area contributed by atoms with Crippen LogP contribution in [0, 0.1) is 6.92 Å². The summed E-state index contributed by atoms with van der Waals surface area (Å²) >= 11 is 0. The van der Waals surface area contributed by atoms with E-state index >= 15 is 0 Å². The maximum absolute atomic E-state index is 12.9. The molecule has 9 heteroatoms. The Morgan fingerprint density at radius 1 is 1.22 bits per heavy atom. The number of amides is 1. The molecule has 2 aromatic heterocycles. The first-order valence-electron chi connectivity index (χ1n) is 8.08. The highest BCUT2D eigenvalue weighted by Gasteiger charge is 2.33. The third-order valence-corrected chi connectivity index (χ3v) is 4.00. The summed E-state index contributed by atoms with van der Waals surface area (Å²) in [7, 11) is 0. The lowest BCUT2D eigenvalue weighted by atomic mass is 10.2. The highest BCUT2D eigenvalue weighted by Crippen LogP contribution is 2.19. The lowest BCUT2D eigenvalue weighted by Gasteiger charge is -2.23. The number of hydrogen-bond donors (Lipinski definition) is 0. The van der Waals surface area contributed by atoms with Gasteiger partial charge >= 0.3 is 6.18 Å². The Hall–Kier alpha value is -3.10. The van der Waals surface area contributed by atoms with E-state index < -0.39 is 30.7 Å². The van der Waals surface area contributed by atoms with Crippen molar-refractivity contribution in [3.8, 4) is 0 Å². The van der Waals surface area contributed by atoms with Gasteiger partial charge in [-0.3, -0.25) is 14.2 Å². The lowest BCUT2D eigenvalue weighted by molar-refractivity contribution is -0.163. The summed E-state index contributed by atoms with van der Waals surface area (Å²) in [5.41, 5.74) is -0.0113. The molecule has 3 rings (SSSR count). The average Bonchev–Trinajstić information content (AvgIpc) is 3.10. The molecule has 0 aliphatic heterocycles. The van der Waals surface area contributed by atoms with Crippen LogP contribution in [0.4, 0.5) is 13.2 Å². The number of carbonyl (C=O) groups excluding carboxylic acids is 1. The van der Waals surface area contributed by atoms with E-state index in [9.17, 15) is 22.8 Å². The molecule has 0 atom stereocenters. The number of benzene rings is 1. The maximum atomic E-state index is 12.9. The Kier molecular flexibility index (Phi) is 5.02. The zero-order valence-corrected chi connectivity index (χ0v) is 14.4. The molecule has 27 heavy (non-hydrogen) atoms. The fourth-order valence-electron chi connectivity index (χ4n) is 2.74. The molecule has 3 aromatic rings. The Morgan fingerprint density at radius 2 is 1.96 bits per heavy atom. The van der Waals surface area contributed by atoms with Crippen LogP contribution in [0.25, 0.3) is 10.9 Å². The molecule has 0 aliphatic carbocycles. The van der Waals surface area contributed by atoms with Crippen LogP contribution in [0.1, 0.15) is 11.6 Å². The zero-order chi connectivity index (χ0) is 19.6. The molecule has 0 saturated heterocycles. The van der Waals surface area contributed by atoms with Gasteiger partial charge in [-0.05, 0) is 31.2 Å². The Labute approximate surface area is 151 Å². The fourth-order valence-corrected chi connectivity index (χ4v) is 2.74. The monoisotopic (exact) mass is 379 g/mol. The summed E-state index contributed by atoms with van der Waals surface area (Å²) in [5.74, 6) is -0.392. The van der Waals surface area contributed by atoms with Crippen molar-refractivity contribution in [2.75, 3.05) is 6.54 Å². The summed E-state index contributed by atoms with van der Waals surface area (Å²) in [6, 6.07) is 9.58. The number of carbonyl (C=O) groups is 1. The Balaban J connectivity index is 1.91. The SMILES string of the molecule is Cc1nc2ccccc2c(=O)n1CC(=O)N(Cc1ccco1)CC(F)(F)F. The van der Waals surface area contributed by atoms with Gasteiger partial charge in [0.1, 0.15) is 24.7 Å². The van der Waals surface area contributed by atoms with E-state index in [1.165, 1.54) is 25.3 Å². The number of furan rings is 1. The van der Waals surface area contributed by atoms with E-state index in [2.05, 4.69) is 4.98 Å². The summed E-state index contributed by atoms with van der Waals surface area (Å²) in [6.07, 6.45) is -3.27. The predicted octanol–water partition coefficient (Wildman–Crippen LogP) is 2.89. The topological polar surface area (TPSA) is 68.3 Å². The van der Waals surface area contributed by atoms with Gasteiger partial charge in [0.05, 0.1) is 23.7 Å². The van der Waals surface area contributed by atoms with Crippen LogP contribution < -0.4 is 5.56 Å². The first-order valence-corrected chi connectivity index (χ1v) is 8.08. The number of para-hydroxylation sites is 1. The van der Waals surface area contributed by atoms with Gasteiger partial charge in [-0.2, -0.15) is 13.2 Å². The number of aromatic nitrogens is 2. The maximum Gasteiger partial charge on any atom is 0.406 e. The molecule has 6 nitrogen and oxygen atoms in total. The molecule has 1 aromatic carbocycles. The quantitative estimate of drug-likeness (QED) is 0.684. The van der Waals surface area contributed by atoms with Crippen molar-refractivity contribution < 1.29 is 22.4 Å². The minimum atomic E-state index is -4.58. The largest absolute Gasteiger partial charge is 0.467 e. The number of halogens is 3. The average molecular weight is 379 g/mol. The van der Waals surface area contributed by atoms with Gasteiger partial charge in [-0.15, -0.1) is 0 Å². The summed E-state index contributed by atoms with van der Waals surface area (Å²) in [4.78, 5) is 30.0. The standard InChI is InChI=1S/C18H16F3N3O3/c1-12-22-15-7-3-2-6-14(15)17(26)24(12)10-16(25)23(11-18(19,20)21)9-13-5-4-8-27-13/h2-8H,9-11H2,1H3. The van der Waals surface area contributed by atoms with Crippen LogP contribution in [0.5, 0.6) is 0 Å². The van der Waals surface area contributed by atoms with Gasteiger partial charge in [0.25, 0.3) is 5.56 Å². The zero-order valence-electron chi connectivity index (χ0n) is 14.4. The van der Waals surface area contributed by atoms with Crippen molar-refractivity contribution in [2.24, 2.45) is 0 Å². The molecule has 142 valence electrons. The third kappa shape index (κ3) is 4.36. The second-order valence-corrected chi connectivity index (χ2v) is 6.01. The minimum Gasteiger partial charge on any atom is -0.467 e. The van der Waals surface area contributed by atoms with Crippen molar-refractivity contribution in [2.45, 2.75) is 26.2 Å². The second-order valence-electron chi connectivity index (χ2n) is 6.01. The van der Waals surface area contributed by atoms with Crippen molar-refractivity contribution in [1.29, 1.82) is 0 Å². The highest BCUT2D eigenvalue weighted by atomic mass is 19.4. The van der Waals surface area contributed by atoms with E-state index in [0.717, 1.165) is 4.57 Å². The molecule has 2 heterocycles. The van der Waals surface area contributed by atoms with Gasteiger partial charge in [0, 0.05) is 0 Å². The van der Waals surface area contributed by atoms with Gasteiger partial charge in [0.2, 0.25) is 5.91 Å². The van der Waals surface area contributed by atoms with Crippen molar-refractivity contribution in [3.63, 3.8) is 0 Å². The van der Waals surface area contributed by atoms with Crippen molar-refractivity contribution in [1.82, 2.24) is 14.5 Å². The van der Waals surface area contributed by atoms with E-state index in [1.807, 2.05) is 0 Å². The summed E-state index contributed by atoms with van der Waals surface area (Å²) < 4.78 is 44.8. The van der Waals surface area contributed by atoms with Crippen molar-refractivity contribution in [3.05, 3.63) is 64.6 Å². The molecular weight excluding hydrogens is 363 g/mol. The normalized spacial score (nSPS) is 11.7. The van der Waals surface area contributed by atoms with Crippen molar-refractivity contribution >= 4 is 16.8 Å².